The van der Waals surface area contributed by atoms with Crippen molar-refractivity contribution >= 4 is 17.7 Å². The summed E-state index contributed by atoms with van der Waals surface area (Å²) in [4.78, 5) is 13.7. The first-order valence-corrected chi connectivity index (χ1v) is 8.70. The zero-order valence-corrected chi connectivity index (χ0v) is 14.1. The smallest absolute Gasteiger partial charge is 0.238 e. The summed E-state index contributed by atoms with van der Waals surface area (Å²) in [5, 5.41) is 2.70. The largest absolute Gasteiger partial charge is 0.352 e. The van der Waals surface area contributed by atoms with Crippen LogP contribution in [0.25, 0.3) is 0 Å². The molecule has 2 aromatic rings. The zero-order chi connectivity index (χ0) is 16.4. The SMILES string of the molecule is Cc1ccc(S[C@H](C(=O)NC2CC2)c2ccc(F)cc2)c(C)c1. The molecule has 0 bridgehead atoms. The van der Waals surface area contributed by atoms with Crippen LogP contribution in [-0.4, -0.2) is 11.9 Å². The Hall–Kier alpha value is -1.81. The van der Waals surface area contributed by atoms with E-state index in [1.165, 1.54) is 29.5 Å². The summed E-state index contributed by atoms with van der Waals surface area (Å²) < 4.78 is 13.2. The summed E-state index contributed by atoms with van der Waals surface area (Å²) in [6.45, 7) is 4.11. The molecule has 1 fully saturated rings. The molecule has 0 aliphatic heterocycles. The zero-order valence-electron chi connectivity index (χ0n) is 13.3. The van der Waals surface area contributed by atoms with Crippen LogP contribution in [0, 0.1) is 19.7 Å². The van der Waals surface area contributed by atoms with Crippen molar-refractivity contribution in [2.24, 2.45) is 0 Å². The van der Waals surface area contributed by atoms with Gasteiger partial charge in [0.25, 0.3) is 0 Å². The molecule has 1 atom stereocenters. The number of thioether (sulfide) groups is 1. The lowest BCUT2D eigenvalue weighted by Gasteiger charge is -2.18. The van der Waals surface area contributed by atoms with E-state index in [2.05, 4.69) is 37.4 Å². The van der Waals surface area contributed by atoms with Gasteiger partial charge in [-0.05, 0) is 56.0 Å². The van der Waals surface area contributed by atoms with Gasteiger partial charge in [0.05, 0.1) is 0 Å². The molecule has 1 aliphatic carbocycles. The van der Waals surface area contributed by atoms with Crippen LogP contribution in [0.5, 0.6) is 0 Å². The third-order valence-electron chi connectivity index (χ3n) is 3.91. The summed E-state index contributed by atoms with van der Waals surface area (Å²) >= 11 is 1.53. The molecule has 0 radical (unpaired) electrons. The van der Waals surface area contributed by atoms with Gasteiger partial charge in [0.15, 0.2) is 0 Å². The highest BCUT2D eigenvalue weighted by Crippen LogP contribution is 2.38. The maximum absolute atomic E-state index is 13.2. The number of aryl methyl sites for hydroxylation is 2. The average molecular weight is 329 g/mol. The van der Waals surface area contributed by atoms with Gasteiger partial charge in [-0.25, -0.2) is 4.39 Å². The van der Waals surface area contributed by atoms with Gasteiger partial charge in [0.1, 0.15) is 11.1 Å². The highest BCUT2D eigenvalue weighted by molar-refractivity contribution is 8.00. The number of hydrogen-bond acceptors (Lipinski definition) is 2. The molecule has 4 heteroatoms. The number of carbonyl (C=O) groups is 1. The molecule has 0 aromatic heterocycles. The van der Waals surface area contributed by atoms with Crippen LogP contribution in [0.4, 0.5) is 4.39 Å². The Morgan fingerprint density at radius 2 is 1.87 bits per heavy atom. The maximum atomic E-state index is 13.2. The lowest BCUT2D eigenvalue weighted by Crippen LogP contribution is -2.29. The standard InChI is InChI=1S/C19H20FNOS/c1-12-3-10-17(13(2)11-12)23-18(19(22)21-16-8-9-16)14-4-6-15(20)7-5-14/h3-7,10-11,16,18H,8-9H2,1-2H3,(H,21,22)/t18-/m0/s1. The molecule has 2 aromatic carbocycles. The van der Waals surface area contributed by atoms with Gasteiger partial charge in [0, 0.05) is 10.9 Å². The van der Waals surface area contributed by atoms with Gasteiger partial charge in [-0.1, -0.05) is 29.8 Å². The molecule has 120 valence electrons. The van der Waals surface area contributed by atoms with E-state index in [-0.39, 0.29) is 17.0 Å². The first kappa shape index (κ1) is 16.1. The molecule has 0 saturated heterocycles. The quantitative estimate of drug-likeness (QED) is 0.815. The molecule has 2 nitrogen and oxygen atoms in total. The molecule has 0 heterocycles. The fraction of sp³-hybridized carbons (Fsp3) is 0.316. The predicted molar refractivity (Wildman–Crippen MR) is 92.1 cm³/mol. The van der Waals surface area contributed by atoms with Crippen LogP contribution in [0.1, 0.15) is 34.8 Å². The monoisotopic (exact) mass is 329 g/mol. The number of hydrogen-bond donors (Lipinski definition) is 1. The van der Waals surface area contributed by atoms with Crippen molar-refractivity contribution in [1.29, 1.82) is 0 Å². The summed E-state index contributed by atoms with van der Waals surface area (Å²) in [7, 11) is 0. The van der Waals surface area contributed by atoms with Crippen molar-refractivity contribution in [1.82, 2.24) is 5.32 Å². The summed E-state index contributed by atoms with van der Waals surface area (Å²) in [5.41, 5.74) is 3.18. The maximum Gasteiger partial charge on any atom is 0.238 e. The van der Waals surface area contributed by atoms with Crippen LogP contribution < -0.4 is 5.32 Å². The highest BCUT2D eigenvalue weighted by atomic mass is 32.2. The van der Waals surface area contributed by atoms with Crippen molar-refractivity contribution in [2.45, 2.75) is 42.9 Å². The Morgan fingerprint density at radius 1 is 1.17 bits per heavy atom. The Morgan fingerprint density at radius 3 is 2.48 bits per heavy atom. The van der Waals surface area contributed by atoms with E-state index < -0.39 is 0 Å². The second kappa shape index (κ2) is 6.75. The molecule has 1 N–H and O–H groups in total. The minimum Gasteiger partial charge on any atom is -0.352 e. The molecular weight excluding hydrogens is 309 g/mol. The van der Waals surface area contributed by atoms with E-state index in [9.17, 15) is 9.18 Å². The second-order valence-electron chi connectivity index (χ2n) is 6.10. The molecule has 0 unspecified atom stereocenters. The first-order chi connectivity index (χ1) is 11.0. The van der Waals surface area contributed by atoms with E-state index in [4.69, 9.17) is 0 Å². The third-order valence-corrected chi connectivity index (χ3v) is 5.34. The normalized spacial score (nSPS) is 15.3. The number of carbonyl (C=O) groups excluding carboxylic acids is 1. The number of amides is 1. The number of halogens is 1. The van der Waals surface area contributed by atoms with Crippen LogP contribution >= 0.6 is 11.8 Å². The Balaban J connectivity index is 1.87. The molecule has 1 aliphatic rings. The van der Waals surface area contributed by atoms with Crippen molar-refractivity contribution in [3.63, 3.8) is 0 Å². The van der Waals surface area contributed by atoms with E-state index in [0.29, 0.717) is 6.04 Å². The molecule has 3 rings (SSSR count). The summed E-state index contributed by atoms with van der Waals surface area (Å²) in [6, 6.07) is 12.7. The van der Waals surface area contributed by atoms with Gasteiger partial charge < -0.3 is 5.32 Å². The Kier molecular flexibility index (Phi) is 4.71. The van der Waals surface area contributed by atoms with E-state index in [1.807, 2.05) is 0 Å². The number of benzene rings is 2. The van der Waals surface area contributed by atoms with Gasteiger partial charge >= 0.3 is 0 Å². The van der Waals surface area contributed by atoms with E-state index in [0.717, 1.165) is 28.9 Å². The second-order valence-corrected chi connectivity index (χ2v) is 7.25. The molecular formula is C19H20FNOS. The lowest BCUT2D eigenvalue weighted by molar-refractivity contribution is -0.120. The minimum atomic E-state index is -0.363. The molecule has 1 amide bonds. The van der Waals surface area contributed by atoms with Gasteiger partial charge in [-0.15, -0.1) is 11.8 Å². The van der Waals surface area contributed by atoms with Gasteiger partial charge in [-0.2, -0.15) is 0 Å². The van der Waals surface area contributed by atoms with E-state index in [1.54, 1.807) is 12.1 Å². The van der Waals surface area contributed by atoms with Crippen molar-refractivity contribution in [3.05, 3.63) is 65.0 Å². The summed E-state index contributed by atoms with van der Waals surface area (Å²) in [6.07, 6.45) is 2.10. The van der Waals surface area contributed by atoms with Crippen LogP contribution in [0.3, 0.4) is 0 Å². The van der Waals surface area contributed by atoms with Gasteiger partial charge in [0.2, 0.25) is 5.91 Å². The average Bonchev–Trinajstić information content (AvgIpc) is 3.31. The number of nitrogens with one attached hydrogen (secondary N) is 1. The van der Waals surface area contributed by atoms with Crippen molar-refractivity contribution < 1.29 is 9.18 Å². The third kappa shape index (κ3) is 4.14. The van der Waals surface area contributed by atoms with Crippen molar-refractivity contribution in [2.75, 3.05) is 0 Å². The Bertz CT molecular complexity index is 710. The predicted octanol–water partition coefficient (Wildman–Crippen LogP) is 4.55. The molecule has 0 spiro atoms. The van der Waals surface area contributed by atoms with Crippen LogP contribution in [0.2, 0.25) is 0 Å². The highest BCUT2D eigenvalue weighted by Gasteiger charge is 2.29. The fourth-order valence-electron chi connectivity index (χ4n) is 2.47. The molecule has 1 saturated carbocycles. The fourth-order valence-corrected chi connectivity index (χ4v) is 3.59. The Labute approximate surface area is 140 Å². The van der Waals surface area contributed by atoms with Crippen molar-refractivity contribution in [3.8, 4) is 0 Å². The van der Waals surface area contributed by atoms with Crippen LogP contribution in [0.15, 0.2) is 47.4 Å². The van der Waals surface area contributed by atoms with Crippen LogP contribution in [-0.2, 0) is 4.79 Å². The first-order valence-electron chi connectivity index (χ1n) is 7.82. The summed E-state index contributed by atoms with van der Waals surface area (Å²) in [5.74, 6) is -0.282. The number of rotatable bonds is 5. The lowest BCUT2D eigenvalue weighted by atomic mass is 10.1. The minimum absolute atomic E-state index is 0.00378. The van der Waals surface area contributed by atoms with Gasteiger partial charge in [-0.3, -0.25) is 4.79 Å². The topological polar surface area (TPSA) is 29.1 Å². The van der Waals surface area contributed by atoms with E-state index >= 15 is 0 Å². The molecule has 23 heavy (non-hydrogen) atoms.